The minimum Gasteiger partial charge on any atom is -0.489 e. The minimum absolute atomic E-state index is 0.107. The fraction of sp³-hybridized carbons (Fsp3) is 0.515. The second-order valence-electron chi connectivity index (χ2n) is 11.6. The van der Waals surface area contributed by atoms with Crippen molar-refractivity contribution in [2.45, 2.75) is 55.8 Å². The maximum absolute atomic E-state index is 13.5. The van der Waals surface area contributed by atoms with Gasteiger partial charge in [-0.25, -0.2) is 0 Å². The second kappa shape index (κ2) is 14.8. The Morgan fingerprint density at radius 3 is 2.52 bits per heavy atom. The smallest absolute Gasteiger partial charge is 0.406 e. The number of aliphatic hydroxyl groups excluding tert-OH is 1. The molecule has 238 valence electrons. The van der Waals surface area contributed by atoms with Crippen LogP contribution in [0.4, 0.5) is 24.5 Å². The summed E-state index contributed by atoms with van der Waals surface area (Å²) in [7, 11) is 0. The first-order chi connectivity index (χ1) is 21.3. The number of anilines is 2. The SMILES string of the molecule is C1NCC12COC2.CSc1ccc(NCC#Cc2cc3c(NC4CCCCC4)cccc3n2CC(F)(F)F)c(OCCO)c1. The molecular formula is C33H41F3N4O3S. The first-order valence-corrected chi connectivity index (χ1v) is 16.4. The van der Waals surface area contributed by atoms with Crippen LogP contribution in [0.25, 0.3) is 10.9 Å². The molecule has 7 nitrogen and oxygen atoms in total. The molecule has 2 aromatic carbocycles. The summed E-state index contributed by atoms with van der Waals surface area (Å²) in [5, 5.41) is 19.8. The largest absolute Gasteiger partial charge is 0.489 e. The topological polar surface area (TPSA) is 79.7 Å². The van der Waals surface area contributed by atoms with Gasteiger partial charge in [-0.05, 0) is 61.4 Å². The van der Waals surface area contributed by atoms with E-state index in [0.717, 1.165) is 42.0 Å². The second-order valence-corrected chi connectivity index (χ2v) is 12.5. The van der Waals surface area contributed by atoms with Gasteiger partial charge in [0.05, 0.1) is 43.3 Å². The van der Waals surface area contributed by atoms with E-state index in [1.54, 1.807) is 30.0 Å². The Bertz CT molecular complexity index is 1440. The molecule has 0 radical (unpaired) electrons. The molecule has 44 heavy (non-hydrogen) atoms. The van der Waals surface area contributed by atoms with Crippen LogP contribution in [0, 0.1) is 17.3 Å². The van der Waals surface area contributed by atoms with Crippen molar-refractivity contribution in [3.63, 3.8) is 0 Å². The number of aliphatic hydroxyl groups is 1. The van der Waals surface area contributed by atoms with Crippen LogP contribution in [0.1, 0.15) is 37.8 Å². The molecule has 6 rings (SSSR count). The number of nitrogens with zero attached hydrogens (tertiary/aromatic N) is 1. The average Bonchev–Trinajstić information content (AvgIpc) is 3.30. The molecule has 4 N–H and O–H groups in total. The van der Waals surface area contributed by atoms with Gasteiger partial charge < -0.3 is 35.1 Å². The fourth-order valence-electron chi connectivity index (χ4n) is 5.73. The fourth-order valence-corrected chi connectivity index (χ4v) is 6.16. The van der Waals surface area contributed by atoms with E-state index in [9.17, 15) is 13.2 Å². The number of nitrogens with one attached hydrogen (secondary N) is 3. The Morgan fingerprint density at radius 1 is 1.11 bits per heavy atom. The van der Waals surface area contributed by atoms with E-state index in [-0.39, 0.29) is 19.8 Å². The number of alkyl halides is 3. The molecule has 0 unspecified atom stereocenters. The summed E-state index contributed by atoms with van der Waals surface area (Å²) in [6.45, 7) is 3.54. The van der Waals surface area contributed by atoms with E-state index in [2.05, 4.69) is 27.8 Å². The van der Waals surface area contributed by atoms with Gasteiger partial charge in [-0.2, -0.15) is 13.2 Å². The van der Waals surface area contributed by atoms with Gasteiger partial charge in [-0.15, -0.1) is 11.8 Å². The van der Waals surface area contributed by atoms with Gasteiger partial charge in [0, 0.05) is 40.5 Å². The lowest BCUT2D eigenvalue weighted by Gasteiger charge is -2.48. The Morgan fingerprint density at radius 2 is 1.91 bits per heavy atom. The summed E-state index contributed by atoms with van der Waals surface area (Å²) >= 11 is 1.57. The number of fused-ring (bicyclic) bond motifs is 1. The first kappa shape index (κ1) is 32.4. The monoisotopic (exact) mass is 630 g/mol. The molecule has 0 bridgehead atoms. The third-order valence-electron chi connectivity index (χ3n) is 8.19. The summed E-state index contributed by atoms with van der Waals surface area (Å²) in [4.78, 5) is 1.01. The number of aromatic nitrogens is 1. The molecule has 1 aliphatic carbocycles. The maximum Gasteiger partial charge on any atom is 0.406 e. The van der Waals surface area contributed by atoms with Gasteiger partial charge in [0.2, 0.25) is 0 Å². The van der Waals surface area contributed by atoms with Crippen LogP contribution in [0.2, 0.25) is 0 Å². The maximum atomic E-state index is 13.5. The van der Waals surface area contributed by atoms with Gasteiger partial charge in [-0.3, -0.25) is 0 Å². The Labute approximate surface area is 261 Å². The standard InChI is InChI=1S/C28H32F3N3O2S.C5H9NO/c1-37-22-12-13-25(27(18-22)36-16-15-35)32-14-6-9-21-17-23-24(33-20-7-3-2-4-8-20)10-5-11-26(23)34(21)19-28(29,30)31;1-5(2-6-1)3-7-4-5/h5,10-13,17-18,20,32-33,35H,2-4,7-8,14-16,19H2,1H3;6H,1-4H2. The van der Waals surface area contributed by atoms with Crippen molar-refractivity contribution >= 4 is 34.0 Å². The molecule has 1 saturated carbocycles. The van der Waals surface area contributed by atoms with Crippen molar-refractivity contribution in [2.75, 3.05) is 63.0 Å². The molecule has 1 aromatic heterocycles. The minimum atomic E-state index is -4.37. The van der Waals surface area contributed by atoms with E-state index < -0.39 is 12.7 Å². The van der Waals surface area contributed by atoms with E-state index in [4.69, 9.17) is 14.6 Å². The lowest BCUT2D eigenvalue weighted by Crippen LogP contribution is -2.64. The number of hydrogen-bond donors (Lipinski definition) is 4. The van der Waals surface area contributed by atoms with Crippen LogP contribution >= 0.6 is 11.8 Å². The number of ether oxygens (including phenoxy) is 2. The molecule has 3 aliphatic rings. The molecule has 3 aromatic rings. The van der Waals surface area contributed by atoms with Crippen molar-refractivity contribution in [1.82, 2.24) is 9.88 Å². The van der Waals surface area contributed by atoms with Gasteiger partial charge >= 0.3 is 6.18 Å². The summed E-state index contributed by atoms with van der Waals surface area (Å²) in [6, 6.07) is 13.2. The Balaban J connectivity index is 0.000000474. The number of thioether (sulfide) groups is 1. The lowest BCUT2D eigenvalue weighted by molar-refractivity contribution is -0.140. The molecule has 2 saturated heterocycles. The van der Waals surface area contributed by atoms with Crippen LogP contribution < -0.4 is 20.7 Å². The van der Waals surface area contributed by atoms with E-state index in [1.165, 1.54) is 36.9 Å². The Hall–Kier alpha value is -3.04. The zero-order chi connectivity index (χ0) is 31.0. The third kappa shape index (κ3) is 8.36. The molecule has 0 amide bonds. The highest BCUT2D eigenvalue weighted by molar-refractivity contribution is 7.98. The average molecular weight is 631 g/mol. The molecule has 3 fully saturated rings. The van der Waals surface area contributed by atoms with Gasteiger partial charge in [0.15, 0.2) is 0 Å². The highest BCUT2D eigenvalue weighted by Crippen LogP contribution is 2.33. The van der Waals surface area contributed by atoms with Crippen LogP contribution in [-0.2, 0) is 11.3 Å². The van der Waals surface area contributed by atoms with Crippen molar-refractivity contribution in [2.24, 2.45) is 5.41 Å². The Kier molecular flexibility index (Phi) is 10.9. The molecular weight excluding hydrogens is 589 g/mol. The van der Waals surface area contributed by atoms with Crippen molar-refractivity contribution in [1.29, 1.82) is 0 Å². The predicted molar refractivity (Wildman–Crippen MR) is 171 cm³/mol. The van der Waals surface area contributed by atoms with Gasteiger partial charge in [0.1, 0.15) is 18.9 Å². The van der Waals surface area contributed by atoms with Crippen LogP contribution in [0.5, 0.6) is 5.75 Å². The highest BCUT2D eigenvalue weighted by atomic mass is 32.2. The molecule has 11 heteroatoms. The molecule has 3 heterocycles. The number of halogens is 3. The van der Waals surface area contributed by atoms with E-state index in [0.29, 0.717) is 34.1 Å². The third-order valence-corrected chi connectivity index (χ3v) is 8.91. The molecule has 1 spiro atoms. The highest BCUT2D eigenvalue weighted by Gasteiger charge is 2.43. The predicted octanol–water partition coefficient (Wildman–Crippen LogP) is 6.11. The number of rotatable bonds is 9. The lowest BCUT2D eigenvalue weighted by atomic mass is 9.80. The van der Waals surface area contributed by atoms with Crippen LogP contribution in [0.15, 0.2) is 47.4 Å². The molecule has 0 atom stereocenters. The van der Waals surface area contributed by atoms with Crippen LogP contribution in [-0.4, -0.2) is 74.2 Å². The normalized spacial score (nSPS) is 17.5. The molecule has 2 aliphatic heterocycles. The van der Waals surface area contributed by atoms with Gasteiger partial charge in [-0.1, -0.05) is 31.2 Å². The quantitative estimate of drug-likeness (QED) is 0.168. The number of hydrogen-bond acceptors (Lipinski definition) is 7. The van der Waals surface area contributed by atoms with Crippen LogP contribution in [0.3, 0.4) is 0 Å². The van der Waals surface area contributed by atoms with Gasteiger partial charge in [0.25, 0.3) is 0 Å². The summed E-state index contributed by atoms with van der Waals surface area (Å²) in [6.07, 6.45) is 3.29. The zero-order valence-electron chi connectivity index (χ0n) is 25.1. The van der Waals surface area contributed by atoms with E-state index in [1.807, 2.05) is 30.5 Å². The van der Waals surface area contributed by atoms with Crippen molar-refractivity contribution in [3.8, 4) is 17.6 Å². The van der Waals surface area contributed by atoms with E-state index >= 15 is 0 Å². The summed E-state index contributed by atoms with van der Waals surface area (Å²) in [5.74, 6) is 6.51. The summed E-state index contributed by atoms with van der Waals surface area (Å²) in [5.41, 5.74) is 3.01. The zero-order valence-corrected chi connectivity index (χ0v) is 25.9. The van der Waals surface area contributed by atoms with Crippen molar-refractivity contribution in [3.05, 3.63) is 48.2 Å². The first-order valence-electron chi connectivity index (χ1n) is 15.2. The summed E-state index contributed by atoms with van der Waals surface area (Å²) < 4.78 is 52.4. The number of benzene rings is 2. The van der Waals surface area contributed by atoms with Crippen molar-refractivity contribution < 1.29 is 27.8 Å².